The molecule has 0 atom stereocenters. The third-order valence-electron chi connectivity index (χ3n) is 5.32. The first-order valence-electron chi connectivity index (χ1n) is 9.59. The third-order valence-corrected chi connectivity index (χ3v) is 5.32. The lowest BCUT2D eigenvalue weighted by molar-refractivity contribution is 0.562. The molecule has 7 nitrogen and oxygen atoms in total. The van der Waals surface area contributed by atoms with E-state index >= 15 is 0 Å². The second-order valence-corrected chi connectivity index (χ2v) is 7.28. The second-order valence-electron chi connectivity index (χ2n) is 7.28. The molecule has 1 N–H and O–H groups in total. The van der Waals surface area contributed by atoms with E-state index in [1.54, 1.807) is 6.92 Å². The van der Waals surface area contributed by atoms with Crippen molar-refractivity contribution in [3.8, 4) is 22.5 Å². The summed E-state index contributed by atoms with van der Waals surface area (Å²) in [7, 11) is 0. The quantitative estimate of drug-likeness (QED) is 0.526. The maximum atomic E-state index is 12.9. The largest absolute Gasteiger partial charge is 0.422 e. The standard InChI is InChI=1S/C22H19N5O2/c1-12-17-10-14-7-4-8-23-18(14)11-19(17)29-22(28)20(12)15-5-3-6-16(9-15)21-26-24-13(2)25-27-21/h3,5-6,9-11,23H,4,7-8H2,1-2H3. The molecule has 0 amide bonds. The van der Waals surface area contributed by atoms with E-state index in [1.807, 2.05) is 37.3 Å². The first-order valence-corrected chi connectivity index (χ1v) is 9.59. The van der Waals surface area contributed by atoms with Gasteiger partial charge in [0.25, 0.3) is 0 Å². The highest BCUT2D eigenvalue weighted by Gasteiger charge is 2.18. The number of fused-ring (bicyclic) bond motifs is 2. The highest BCUT2D eigenvalue weighted by Crippen LogP contribution is 2.33. The fourth-order valence-electron chi connectivity index (χ4n) is 3.86. The van der Waals surface area contributed by atoms with Gasteiger partial charge >= 0.3 is 5.63 Å². The average Bonchev–Trinajstić information content (AvgIpc) is 2.73. The molecule has 144 valence electrons. The van der Waals surface area contributed by atoms with Gasteiger partial charge in [0.05, 0.1) is 5.56 Å². The normalized spacial score (nSPS) is 13.2. The van der Waals surface area contributed by atoms with Gasteiger partial charge in [0.15, 0.2) is 5.82 Å². The van der Waals surface area contributed by atoms with E-state index in [9.17, 15) is 4.79 Å². The fourth-order valence-corrected chi connectivity index (χ4v) is 3.86. The zero-order chi connectivity index (χ0) is 20.0. The van der Waals surface area contributed by atoms with Crippen LogP contribution in [0.1, 0.15) is 23.4 Å². The SMILES string of the molecule is Cc1nnc(-c2cccc(-c3c(C)c4cc5c(cc4oc3=O)NCCC5)c2)nn1. The Morgan fingerprint density at radius 1 is 1.00 bits per heavy atom. The molecule has 0 radical (unpaired) electrons. The number of aryl methyl sites for hydroxylation is 3. The zero-order valence-electron chi connectivity index (χ0n) is 16.2. The van der Waals surface area contributed by atoms with Crippen molar-refractivity contribution in [1.29, 1.82) is 0 Å². The minimum atomic E-state index is -0.357. The van der Waals surface area contributed by atoms with Crippen LogP contribution >= 0.6 is 0 Å². The van der Waals surface area contributed by atoms with Crippen LogP contribution in [0.2, 0.25) is 0 Å². The maximum Gasteiger partial charge on any atom is 0.344 e. The number of benzene rings is 2. The van der Waals surface area contributed by atoms with Gasteiger partial charge in [-0.05, 0) is 55.5 Å². The summed E-state index contributed by atoms with van der Waals surface area (Å²) in [5.74, 6) is 0.925. The van der Waals surface area contributed by atoms with Crippen LogP contribution in [0.4, 0.5) is 5.69 Å². The van der Waals surface area contributed by atoms with Gasteiger partial charge in [-0.25, -0.2) is 4.79 Å². The van der Waals surface area contributed by atoms with Gasteiger partial charge in [-0.3, -0.25) is 0 Å². The van der Waals surface area contributed by atoms with Crippen molar-refractivity contribution in [2.45, 2.75) is 26.7 Å². The topological polar surface area (TPSA) is 93.8 Å². The van der Waals surface area contributed by atoms with Crippen LogP contribution in [0, 0.1) is 13.8 Å². The van der Waals surface area contributed by atoms with Crippen molar-refractivity contribution in [2.75, 3.05) is 11.9 Å². The molecule has 1 aliphatic rings. The predicted molar refractivity (Wildman–Crippen MR) is 111 cm³/mol. The molecule has 0 bridgehead atoms. The Hall–Kier alpha value is -3.61. The first kappa shape index (κ1) is 17.5. The Balaban J connectivity index is 1.68. The molecule has 4 aromatic rings. The van der Waals surface area contributed by atoms with Crippen molar-refractivity contribution in [1.82, 2.24) is 20.4 Å². The Kier molecular flexibility index (Phi) is 4.08. The van der Waals surface area contributed by atoms with E-state index < -0.39 is 0 Å². The van der Waals surface area contributed by atoms with Crippen molar-refractivity contribution in [3.05, 3.63) is 63.8 Å². The summed E-state index contributed by atoms with van der Waals surface area (Å²) in [6.07, 6.45) is 2.12. The van der Waals surface area contributed by atoms with Crippen LogP contribution < -0.4 is 10.9 Å². The van der Waals surface area contributed by atoms with Gasteiger partial charge in [0.1, 0.15) is 5.58 Å². The van der Waals surface area contributed by atoms with E-state index in [1.165, 1.54) is 5.56 Å². The summed E-state index contributed by atoms with van der Waals surface area (Å²) in [4.78, 5) is 12.9. The predicted octanol–water partition coefficient (Wildman–Crippen LogP) is 3.68. The Bertz CT molecular complexity index is 1300. The Labute approximate surface area is 166 Å². The van der Waals surface area contributed by atoms with E-state index in [0.29, 0.717) is 22.8 Å². The van der Waals surface area contributed by atoms with Gasteiger partial charge in [0, 0.05) is 29.2 Å². The first-order chi connectivity index (χ1) is 14.1. The number of anilines is 1. The minimum absolute atomic E-state index is 0.357. The van der Waals surface area contributed by atoms with Crippen LogP contribution in [-0.4, -0.2) is 26.9 Å². The molecule has 0 fully saturated rings. The Morgan fingerprint density at radius 2 is 1.79 bits per heavy atom. The van der Waals surface area contributed by atoms with Crippen LogP contribution in [-0.2, 0) is 6.42 Å². The molecular weight excluding hydrogens is 366 g/mol. The van der Waals surface area contributed by atoms with Crippen LogP contribution in [0.5, 0.6) is 0 Å². The highest BCUT2D eigenvalue weighted by molar-refractivity contribution is 5.90. The summed E-state index contributed by atoms with van der Waals surface area (Å²) in [5, 5.41) is 20.5. The minimum Gasteiger partial charge on any atom is -0.422 e. The molecule has 2 aromatic carbocycles. The lowest BCUT2D eigenvalue weighted by Crippen LogP contribution is -2.12. The summed E-state index contributed by atoms with van der Waals surface area (Å²) >= 11 is 0. The molecule has 0 aliphatic carbocycles. The van der Waals surface area contributed by atoms with E-state index in [2.05, 4.69) is 31.8 Å². The van der Waals surface area contributed by atoms with Gasteiger partial charge in [0.2, 0.25) is 5.82 Å². The van der Waals surface area contributed by atoms with E-state index in [-0.39, 0.29) is 5.63 Å². The van der Waals surface area contributed by atoms with Gasteiger partial charge in [-0.15, -0.1) is 20.4 Å². The molecule has 3 heterocycles. The van der Waals surface area contributed by atoms with Gasteiger partial charge in [-0.2, -0.15) is 0 Å². The van der Waals surface area contributed by atoms with Gasteiger partial charge < -0.3 is 9.73 Å². The van der Waals surface area contributed by atoms with Crippen LogP contribution in [0.15, 0.2) is 45.6 Å². The lowest BCUT2D eigenvalue weighted by Gasteiger charge is -2.19. The van der Waals surface area contributed by atoms with Crippen molar-refractivity contribution >= 4 is 16.7 Å². The average molecular weight is 385 g/mol. The molecule has 2 aromatic heterocycles. The second kappa shape index (κ2) is 6.77. The van der Waals surface area contributed by atoms with Crippen molar-refractivity contribution in [3.63, 3.8) is 0 Å². The zero-order valence-corrected chi connectivity index (χ0v) is 16.2. The molecule has 1 aliphatic heterocycles. The molecular formula is C22H19N5O2. The number of aromatic nitrogens is 4. The molecule has 7 heteroatoms. The van der Waals surface area contributed by atoms with Crippen LogP contribution in [0.3, 0.4) is 0 Å². The van der Waals surface area contributed by atoms with Gasteiger partial charge in [-0.1, -0.05) is 18.2 Å². The smallest absolute Gasteiger partial charge is 0.344 e. The summed E-state index contributed by atoms with van der Waals surface area (Å²) in [6, 6.07) is 11.6. The fraction of sp³-hybridized carbons (Fsp3) is 0.227. The van der Waals surface area contributed by atoms with E-state index in [0.717, 1.165) is 47.2 Å². The summed E-state index contributed by atoms with van der Waals surface area (Å²) in [5.41, 5.74) is 5.52. The maximum absolute atomic E-state index is 12.9. The molecule has 0 saturated heterocycles. The molecule has 5 rings (SSSR count). The summed E-state index contributed by atoms with van der Waals surface area (Å²) in [6.45, 7) is 4.64. The van der Waals surface area contributed by atoms with E-state index in [4.69, 9.17) is 4.42 Å². The highest BCUT2D eigenvalue weighted by atomic mass is 16.4. The number of rotatable bonds is 2. The molecule has 0 unspecified atom stereocenters. The number of hydrogen-bond donors (Lipinski definition) is 1. The third kappa shape index (κ3) is 3.04. The van der Waals surface area contributed by atoms with Crippen molar-refractivity contribution < 1.29 is 4.42 Å². The molecule has 0 spiro atoms. The Morgan fingerprint density at radius 3 is 2.62 bits per heavy atom. The van der Waals surface area contributed by atoms with Crippen molar-refractivity contribution in [2.24, 2.45) is 0 Å². The molecule has 0 saturated carbocycles. The number of nitrogens with one attached hydrogen (secondary N) is 1. The summed E-state index contributed by atoms with van der Waals surface area (Å²) < 4.78 is 5.70. The molecule has 29 heavy (non-hydrogen) atoms. The monoisotopic (exact) mass is 385 g/mol. The number of hydrogen-bond acceptors (Lipinski definition) is 7. The van der Waals surface area contributed by atoms with Crippen LogP contribution in [0.25, 0.3) is 33.5 Å². The lowest BCUT2D eigenvalue weighted by atomic mass is 9.95. The number of nitrogens with zero attached hydrogens (tertiary/aromatic N) is 4.